The fourth-order valence-corrected chi connectivity index (χ4v) is 0.0891. The van der Waals surface area contributed by atoms with E-state index in [2.05, 4.69) is 0 Å². The topological polar surface area (TPSA) is 0 Å². The van der Waals surface area contributed by atoms with Gasteiger partial charge in [-0.25, -0.2) is 0 Å². The molecule has 0 N–H and O–H groups in total. The molecular formula is C4H7FY2-2. The van der Waals surface area contributed by atoms with Crippen molar-refractivity contribution in [3.63, 3.8) is 0 Å². The molecule has 38 valence electrons. The van der Waals surface area contributed by atoms with E-state index in [0.717, 1.165) is 0 Å². The van der Waals surface area contributed by atoms with Gasteiger partial charge in [0.2, 0.25) is 0 Å². The summed E-state index contributed by atoms with van der Waals surface area (Å²) < 4.78 is 10.8. The van der Waals surface area contributed by atoms with Crippen LogP contribution in [0.25, 0.3) is 0 Å². The number of unbranched alkanes of at least 4 members (excludes halogenated alkanes) is 1. The van der Waals surface area contributed by atoms with E-state index in [0.29, 0.717) is 13.1 Å². The van der Waals surface area contributed by atoms with Crippen LogP contribution in [0.3, 0.4) is 0 Å². The summed E-state index contributed by atoms with van der Waals surface area (Å²) in [7, 11) is 0. The minimum atomic E-state index is 0. The Morgan fingerprint density at radius 2 is 1.86 bits per heavy atom. The Bertz CT molecular complexity index is 17.2. The van der Waals surface area contributed by atoms with E-state index >= 15 is 0 Å². The van der Waals surface area contributed by atoms with E-state index in [4.69, 9.17) is 0 Å². The van der Waals surface area contributed by atoms with Gasteiger partial charge in [-0.1, -0.05) is 0 Å². The quantitative estimate of drug-likeness (QED) is 0.656. The molecule has 0 fully saturated rings. The van der Waals surface area contributed by atoms with Gasteiger partial charge in [-0.3, -0.25) is 6.42 Å². The molecule has 0 rings (SSSR count). The average molecular weight is 252 g/mol. The van der Waals surface area contributed by atoms with Crippen molar-refractivity contribution in [2.45, 2.75) is 13.3 Å². The van der Waals surface area contributed by atoms with E-state index in [-0.39, 0.29) is 65.4 Å². The van der Waals surface area contributed by atoms with E-state index in [1.165, 1.54) is 0 Å². The van der Waals surface area contributed by atoms with Crippen molar-refractivity contribution in [1.29, 1.82) is 0 Å². The Labute approximate surface area is 94.8 Å². The molecule has 0 nitrogen and oxygen atoms in total. The predicted molar refractivity (Wildman–Crippen MR) is 20.0 cm³/mol. The SMILES string of the molecule is C[CH-]C[CH-]F.[Y].[Y]. The van der Waals surface area contributed by atoms with Crippen LogP contribution in [0.5, 0.6) is 0 Å². The van der Waals surface area contributed by atoms with Crippen LogP contribution in [0.15, 0.2) is 0 Å². The Morgan fingerprint density at radius 3 is 1.86 bits per heavy atom. The maximum Gasteiger partial charge on any atom is 0 e. The van der Waals surface area contributed by atoms with E-state index < -0.39 is 0 Å². The van der Waals surface area contributed by atoms with Crippen LogP contribution in [0.4, 0.5) is 4.39 Å². The van der Waals surface area contributed by atoms with Crippen LogP contribution < -0.4 is 0 Å². The molecule has 0 aromatic carbocycles. The van der Waals surface area contributed by atoms with Gasteiger partial charge in [0.05, 0.1) is 0 Å². The first-order chi connectivity index (χ1) is 2.41. The number of hydrogen-bond donors (Lipinski definition) is 0. The number of hydrogen-bond acceptors (Lipinski definition) is 0. The molecule has 0 heterocycles. The van der Waals surface area contributed by atoms with Crippen molar-refractivity contribution < 1.29 is 69.8 Å². The Kier molecular flexibility index (Phi) is 36.0. The van der Waals surface area contributed by atoms with Gasteiger partial charge in [-0.2, -0.15) is 13.6 Å². The minimum absolute atomic E-state index is 0. The molecule has 2 radical (unpaired) electrons. The van der Waals surface area contributed by atoms with Gasteiger partial charge in [0.25, 0.3) is 0 Å². The van der Waals surface area contributed by atoms with Crippen LogP contribution in [0, 0.1) is 13.1 Å². The zero-order valence-corrected chi connectivity index (χ0v) is 10.1. The zero-order chi connectivity index (χ0) is 4.12. The standard InChI is InChI=1S/C4H7F.2Y/c1-2-3-4-5;;/h2,4H,3H2,1H3;;/q-2;;. The third kappa shape index (κ3) is 17.9. The van der Waals surface area contributed by atoms with Crippen LogP contribution >= 0.6 is 0 Å². The molecule has 0 bridgehead atoms. The molecule has 0 spiro atoms. The van der Waals surface area contributed by atoms with Crippen molar-refractivity contribution in [2.24, 2.45) is 0 Å². The molecule has 0 saturated heterocycles. The second kappa shape index (κ2) is 15.7. The Hall–Kier alpha value is 2.14. The molecule has 0 unspecified atom stereocenters. The third-order valence-electron chi connectivity index (χ3n) is 0.325. The van der Waals surface area contributed by atoms with Crippen molar-refractivity contribution in [2.75, 3.05) is 0 Å². The van der Waals surface area contributed by atoms with Crippen molar-refractivity contribution >= 4 is 0 Å². The molecule has 0 saturated carbocycles. The Balaban J connectivity index is -0.0000000800. The molecule has 3 heteroatoms. The van der Waals surface area contributed by atoms with Crippen molar-refractivity contribution in [1.82, 2.24) is 0 Å². The molecule has 0 aliphatic carbocycles. The molecular weight excluding hydrogens is 245 g/mol. The summed E-state index contributed by atoms with van der Waals surface area (Å²) in [5.41, 5.74) is 0. The maximum absolute atomic E-state index is 10.8. The molecule has 0 aliphatic rings. The van der Waals surface area contributed by atoms with Crippen LogP contribution in [-0.4, -0.2) is 0 Å². The first-order valence-corrected chi connectivity index (χ1v) is 1.61. The summed E-state index contributed by atoms with van der Waals surface area (Å²) in [6.07, 6.45) is 2.22. The molecule has 0 aromatic heterocycles. The summed E-state index contributed by atoms with van der Waals surface area (Å²) in [6, 6.07) is 0. The summed E-state index contributed by atoms with van der Waals surface area (Å²) in [5, 5.41) is 0. The summed E-state index contributed by atoms with van der Waals surface area (Å²) >= 11 is 0. The van der Waals surface area contributed by atoms with Crippen LogP contribution in [-0.2, 0) is 65.4 Å². The molecule has 0 aliphatic heterocycles. The minimum Gasteiger partial charge on any atom is -0.462 e. The number of halogens is 1. The molecule has 0 atom stereocenters. The largest absolute Gasteiger partial charge is 0.462 e. The smallest absolute Gasteiger partial charge is 0 e. The third-order valence-corrected chi connectivity index (χ3v) is 0.325. The molecule has 7 heavy (non-hydrogen) atoms. The second-order valence-corrected chi connectivity index (χ2v) is 0.798. The predicted octanol–water partition coefficient (Wildman–Crippen LogP) is 1.73. The van der Waals surface area contributed by atoms with Crippen LogP contribution in [0.2, 0.25) is 0 Å². The van der Waals surface area contributed by atoms with Gasteiger partial charge in [-0.05, 0) is 0 Å². The summed E-state index contributed by atoms with van der Waals surface area (Å²) in [5.74, 6) is 0. The van der Waals surface area contributed by atoms with E-state index in [1.54, 1.807) is 6.42 Å². The van der Waals surface area contributed by atoms with Gasteiger partial charge in [0.1, 0.15) is 0 Å². The van der Waals surface area contributed by atoms with Crippen LogP contribution in [0.1, 0.15) is 13.3 Å². The summed E-state index contributed by atoms with van der Waals surface area (Å²) in [4.78, 5) is 0. The van der Waals surface area contributed by atoms with Gasteiger partial charge in [0.15, 0.2) is 0 Å². The Morgan fingerprint density at radius 1 is 1.43 bits per heavy atom. The monoisotopic (exact) mass is 252 g/mol. The zero-order valence-electron chi connectivity index (χ0n) is 4.39. The first kappa shape index (κ1) is 16.1. The molecule has 0 amide bonds. The van der Waals surface area contributed by atoms with Gasteiger partial charge < -0.3 is 10.8 Å². The fraction of sp³-hybridized carbons (Fsp3) is 0.500. The fourth-order valence-electron chi connectivity index (χ4n) is 0.0891. The maximum atomic E-state index is 10.8. The van der Waals surface area contributed by atoms with E-state index in [9.17, 15) is 4.39 Å². The molecule has 0 aromatic rings. The second-order valence-electron chi connectivity index (χ2n) is 0.798. The summed E-state index contributed by atoms with van der Waals surface area (Å²) in [6.45, 7) is 2.44. The van der Waals surface area contributed by atoms with Gasteiger partial charge in [0, 0.05) is 65.4 Å². The number of rotatable bonds is 2. The van der Waals surface area contributed by atoms with E-state index in [1.807, 2.05) is 6.92 Å². The normalized spacial score (nSPS) is 6.00. The van der Waals surface area contributed by atoms with Gasteiger partial charge >= 0.3 is 0 Å². The van der Waals surface area contributed by atoms with Crippen molar-refractivity contribution in [3.05, 3.63) is 13.1 Å². The van der Waals surface area contributed by atoms with Gasteiger partial charge in [-0.15, -0.1) is 0 Å². The van der Waals surface area contributed by atoms with Crippen molar-refractivity contribution in [3.8, 4) is 0 Å². The average Bonchev–Trinajstić information content (AvgIpc) is 1.41. The first-order valence-electron chi connectivity index (χ1n) is 1.61.